The lowest BCUT2D eigenvalue weighted by Crippen LogP contribution is -2.09. The Morgan fingerprint density at radius 2 is 1.87 bits per heavy atom. The van der Waals surface area contributed by atoms with Gasteiger partial charge < -0.3 is 5.32 Å². The van der Waals surface area contributed by atoms with Crippen LogP contribution in [0, 0.1) is 5.92 Å². The van der Waals surface area contributed by atoms with Crippen LogP contribution in [0.25, 0.3) is 10.2 Å². The van der Waals surface area contributed by atoms with Crippen molar-refractivity contribution in [3.8, 4) is 0 Å². The Hall–Kier alpha value is -2.08. The molecular weight excluding hydrogens is 442 g/mol. The second kappa shape index (κ2) is 9.19. The van der Waals surface area contributed by atoms with Gasteiger partial charge in [-0.25, -0.2) is 9.97 Å². The van der Waals surface area contributed by atoms with Gasteiger partial charge in [0.15, 0.2) is 5.16 Å². The van der Waals surface area contributed by atoms with Crippen LogP contribution >= 0.6 is 34.7 Å². The molecule has 2 aromatic heterocycles. The molecule has 158 valence electrons. The van der Waals surface area contributed by atoms with Crippen molar-refractivity contribution in [1.82, 2.24) is 9.97 Å². The molecule has 6 heteroatoms. The summed E-state index contributed by atoms with van der Waals surface area (Å²) < 4.78 is 0. The van der Waals surface area contributed by atoms with Gasteiger partial charge in [0.05, 0.1) is 5.39 Å². The lowest BCUT2D eigenvalue weighted by molar-refractivity contribution is 0.509. The van der Waals surface area contributed by atoms with Crippen LogP contribution in [-0.4, -0.2) is 9.97 Å². The molecule has 0 fully saturated rings. The Kier molecular flexibility index (Phi) is 6.17. The fraction of sp³-hybridized carbons (Fsp3) is 0.280. The van der Waals surface area contributed by atoms with E-state index in [4.69, 9.17) is 21.6 Å². The zero-order chi connectivity index (χ0) is 21.2. The predicted octanol–water partition coefficient (Wildman–Crippen LogP) is 7.37. The zero-order valence-corrected chi connectivity index (χ0v) is 19.8. The Morgan fingerprint density at radius 3 is 2.68 bits per heavy atom. The summed E-state index contributed by atoms with van der Waals surface area (Å²) >= 11 is 9.55. The second-order valence-corrected chi connectivity index (χ2v) is 10.6. The number of thioether (sulfide) groups is 1. The van der Waals surface area contributed by atoms with Gasteiger partial charge in [-0.15, -0.1) is 11.3 Å². The molecular formula is C25H24ClN3S2. The number of thiophene rings is 1. The molecule has 2 aromatic carbocycles. The van der Waals surface area contributed by atoms with Crippen molar-refractivity contribution in [2.45, 2.75) is 43.6 Å². The number of aryl methyl sites for hydroxylation is 1. The molecule has 1 aliphatic rings. The maximum atomic E-state index is 6.02. The van der Waals surface area contributed by atoms with Crippen LogP contribution in [0.1, 0.15) is 34.9 Å². The Balaban J connectivity index is 1.47. The highest BCUT2D eigenvalue weighted by molar-refractivity contribution is 7.98. The first-order valence-corrected chi connectivity index (χ1v) is 12.8. The number of hydrogen-bond acceptors (Lipinski definition) is 5. The van der Waals surface area contributed by atoms with Gasteiger partial charge in [-0.05, 0) is 54.0 Å². The summed E-state index contributed by atoms with van der Waals surface area (Å²) in [5.74, 6) is 2.54. The number of halogens is 1. The van der Waals surface area contributed by atoms with Crippen molar-refractivity contribution >= 4 is 50.7 Å². The number of rotatable bonds is 6. The SMILES string of the molecule is CC1CCc2c(sc3nc(SCc4ccc(Cl)cc4)nc(NCc4ccccc4)c23)C1. The number of hydrogen-bond donors (Lipinski definition) is 1. The topological polar surface area (TPSA) is 37.8 Å². The fourth-order valence-corrected chi connectivity index (χ4v) is 6.39. The molecule has 0 amide bonds. The van der Waals surface area contributed by atoms with E-state index in [1.807, 2.05) is 29.5 Å². The zero-order valence-electron chi connectivity index (χ0n) is 17.4. The van der Waals surface area contributed by atoms with Crippen LogP contribution in [0.4, 0.5) is 5.82 Å². The van der Waals surface area contributed by atoms with Gasteiger partial charge in [0.2, 0.25) is 0 Å². The monoisotopic (exact) mass is 465 g/mol. The van der Waals surface area contributed by atoms with Gasteiger partial charge in [0, 0.05) is 22.2 Å². The molecule has 1 unspecified atom stereocenters. The number of benzene rings is 2. The first-order valence-electron chi connectivity index (χ1n) is 10.6. The fourth-order valence-electron chi connectivity index (χ4n) is 4.03. The molecule has 0 bridgehead atoms. The van der Waals surface area contributed by atoms with Crippen molar-refractivity contribution < 1.29 is 0 Å². The standard InChI is InChI=1S/C25H24ClN3S2/c1-16-7-12-20-21(13-16)31-24-22(20)23(27-14-17-5-3-2-4-6-17)28-25(29-24)30-15-18-8-10-19(26)11-9-18/h2-6,8-11,16H,7,12-15H2,1H3,(H,27,28,29). The van der Waals surface area contributed by atoms with Crippen LogP contribution in [0.15, 0.2) is 59.8 Å². The Labute approximate surface area is 196 Å². The average molecular weight is 466 g/mol. The van der Waals surface area contributed by atoms with E-state index in [1.54, 1.807) is 11.8 Å². The van der Waals surface area contributed by atoms with Gasteiger partial charge in [0.25, 0.3) is 0 Å². The highest BCUT2D eigenvalue weighted by atomic mass is 35.5. The summed E-state index contributed by atoms with van der Waals surface area (Å²) in [6.07, 6.45) is 3.52. The first kappa shape index (κ1) is 20.8. The van der Waals surface area contributed by atoms with Gasteiger partial charge in [-0.1, -0.05) is 72.8 Å². The minimum Gasteiger partial charge on any atom is -0.365 e. The summed E-state index contributed by atoms with van der Waals surface area (Å²) in [4.78, 5) is 12.5. The summed E-state index contributed by atoms with van der Waals surface area (Å²) in [7, 11) is 0. The van der Waals surface area contributed by atoms with Crippen LogP contribution in [-0.2, 0) is 25.1 Å². The molecule has 1 atom stereocenters. The Bertz CT molecular complexity index is 1190. The van der Waals surface area contributed by atoms with E-state index in [0.717, 1.165) is 51.9 Å². The smallest absolute Gasteiger partial charge is 0.191 e. The molecule has 0 spiro atoms. The number of fused-ring (bicyclic) bond motifs is 3. The largest absolute Gasteiger partial charge is 0.365 e. The van der Waals surface area contributed by atoms with Crippen molar-refractivity contribution in [1.29, 1.82) is 0 Å². The lowest BCUT2D eigenvalue weighted by Gasteiger charge is -2.18. The van der Waals surface area contributed by atoms with Gasteiger partial charge in [-0.2, -0.15) is 0 Å². The molecule has 0 saturated carbocycles. The van der Waals surface area contributed by atoms with Gasteiger partial charge >= 0.3 is 0 Å². The summed E-state index contributed by atoms with van der Waals surface area (Å²) in [6, 6.07) is 18.5. The highest BCUT2D eigenvalue weighted by Crippen LogP contribution is 2.41. The highest BCUT2D eigenvalue weighted by Gasteiger charge is 2.24. The Morgan fingerprint density at radius 1 is 1.06 bits per heavy atom. The quantitative estimate of drug-likeness (QED) is 0.238. The number of anilines is 1. The molecule has 0 aliphatic heterocycles. The van der Waals surface area contributed by atoms with E-state index in [2.05, 4.69) is 48.6 Å². The number of nitrogens with zero attached hydrogens (tertiary/aromatic N) is 2. The molecule has 0 saturated heterocycles. The first-order chi connectivity index (χ1) is 15.2. The van der Waals surface area contributed by atoms with E-state index in [1.165, 1.54) is 33.4 Å². The van der Waals surface area contributed by atoms with Crippen molar-refractivity contribution in [2.75, 3.05) is 5.32 Å². The number of aromatic nitrogens is 2. The molecule has 31 heavy (non-hydrogen) atoms. The van der Waals surface area contributed by atoms with Gasteiger partial charge in [0.1, 0.15) is 10.6 Å². The van der Waals surface area contributed by atoms with Crippen LogP contribution < -0.4 is 5.32 Å². The van der Waals surface area contributed by atoms with E-state index in [-0.39, 0.29) is 0 Å². The van der Waals surface area contributed by atoms with Gasteiger partial charge in [-0.3, -0.25) is 0 Å². The van der Waals surface area contributed by atoms with E-state index in [9.17, 15) is 0 Å². The van der Waals surface area contributed by atoms with Crippen LogP contribution in [0.5, 0.6) is 0 Å². The third kappa shape index (κ3) is 4.74. The van der Waals surface area contributed by atoms with Crippen LogP contribution in [0.2, 0.25) is 5.02 Å². The maximum Gasteiger partial charge on any atom is 0.191 e. The lowest BCUT2D eigenvalue weighted by atomic mass is 9.89. The van der Waals surface area contributed by atoms with E-state index >= 15 is 0 Å². The van der Waals surface area contributed by atoms with Crippen molar-refractivity contribution in [3.63, 3.8) is 0 Å². The maximum absolute atomic E-state index is 6.02. The normalized spacial score (nSPS) is 15.7. The minimum atomic E-state index is 0.744. The van der Waals surface area contributed by atoms with Crippen molar-refractivity contribution in [2.24, 2.45) is 5.92 Å². The average Bonchev–Trinajstić information content (AvgIpc) is 3.15. The summed E-state index contributed by atoms with van der Waals surface area (Å²) in [5, 5.41) is 6.44. The van der Waals surface area contributed by atoms with Crippen molar-refractivity contribution in [3.05, 3.63) is 81.2 Å². The summed E-state index contributed by atoms with van der Waals surface area (Å²) in [6.45, 7) is 3.11. The summed E-state index contributed by atoms with van der Waals surface area (Å²) in [5.41, 5.74) is 3.93. The number of nitrogens with one attached hydrogen (secondary N) is 1. The molecule has 2 heterocycles. The second-order valence-electron chi connectivity index (χ2n) is 8.14. The molecule has 1 N–H and O–H groups in total. The predicted molar refractivity (Wildman–Crippen MR) is 133 cm³/mol. The minimum absolute atomic E-state index is 0.744. The van der Waals surface area contributed by atoms with Crippen LogP contribution in [0.3, 0.4) is 0 Å². The molecule has 0 radical (unpaired) electrons. The van der Waals surface area contributed by atoms with E-state index < -0.39 is 0 Å². The molecule has 3 nitrogen and oxygen atoms in total. The third-order valence-electron chi connectivity index (χ3n) is 5.72. The molecule has 4 aromatic rings. The molecule has 5 rings (SSSR count). The third-order valence-corrected chi connectivity index (χ3v) is 8.04. The van der Waals surface area contributed by atoms with E-state index in [0.29, 0.717) is 0 Å². The molecule has 1 aliphatic carbocycles.